The van der Waals surface area contributed by atoms with Gasteiger partial charge in [-0.15, -0.1) is 0 Å². The van der Waals surface area contributed by atoms with E-state index in [0.29, 0.717) is 23.3 Å². The summed E-state index contributed by atoms with van der Waals surface area (Å²) >= 11 is 0. The molecule has 4 nitrogen and oxygen atoms in total. The lowest BCUT2D eigenvalue weighted by molar-refractivity contribution is 0.386. The minimum absolute atomic E-state index is 0.221. The fourth-order valence-corrected chi connectivity index (χ4v) is 2.01. The van der Waals surface area contributed by atoms with Gasteiger partial charge in [-0.2, -0.15) is 0 Å². The SMILES string of the molecule is COc1ccc(-c2cnc(CCCNC(C)C)o2)cc1F. The number of benzene rings is 1. The molecule has 0 radical (unpaired) electrons. The van der Waals surface area contributed by atoms with Gasteiger partial charge in [0.1, 0.15) is 0 Å². The number of nitrogens with zero attached hydrogens (tertiary/aromatic N) is 1. The van der Waals surface area contributed by atoms with Gasteiger partial charge >= 0.3 is 0 Å². The summed E-state index contributed by atoms with van der Waals surface area (Å²) in [6, 6.07) is 5.21. The molecule has 0 saturated carbocycles. The topological polar surface area (TPSA) is 47.3 Å². The van der Waals surface area contributed by atoms with Crippen LogP contribution in [0.1, 0.15) is 26.2 Å². The van der Waals surface area contributed by atoms with Gasteiger partial charge < -0.3 is 14.5 Å². The molecule has 0 atom stereocenters. The number of methoxy groups -OCH3 is 1. The maximum absolute atomic E-state index is 13.7. The molecule has 21 heavy (non-hydrogen) atoms. The maximum atomic E-state index is 13.7. The van der Waals surface area contributed by atoms with Gasteiger partial charge in [-0.3, -0.25) is 0 Å². The number of nitrogens with one attached hydrogen (secondary N) is 1. The predicted octanol–water partition coefficient (Wildman–Crippen LogP) is 3.42. The Labute approximate surface area is 124 Å². The summed E-state index contributed by atoms with van der Waals surface area (Å²) in [7, 11) is 1.44. The quantitative estimate of drug-likeness (QED) is 0.794. The first kappa shape index (κ1) is 15.5. The highest BCUT2D eigenvalue weighted by Gasteiger charge is 2.10. The largest absolute Gasteiger partial charge is 0.494 e. The summed E-state index contributed by atoms with van der Waals surface area (Å²) in [4.78, 5) is 4.23. The van der Waals surface area contributed by atoms with Crippen LogP contribution in [0.2, 0.25) is 0 Å². The van der Waals surface area contributed by atoms with Gasteiger partial charge in [-0.05, 0) is 31.2 Å². The van der Waals surface area contributed by atoms with Crippen molar-refractivity contribution in [3.05, 3.63) is 36.1 Å². The minimum atomic E-state index is -0.408. The Balaban J connectivity index is 1.97. The second-order valence-corrected chi connectivity index (χ2v) is 5.18. The minimum Gasteiger partial charge on any atom is -0.494 e. The molecule has 2 rings (SSSR count). The van der Waals surface area contributed by atoms with Crippen molar-refractivity contribution < 1.29 is 13.5 Å². The molecule has 1 N–H and O–H groups in total. The van der Waals surface area contributed by atoms with Crippen molar-refractivity contribution in [1.82, 2.24) is 10.3 Å². The summed E-state index contributed by atoms with van der Waals surface area (Å²) in [5, 5.41) is 3.34. The first-order valence-electron chi connectivity index (χ1n) is 7.12. The Kier molecular flexibility index (Phi) is 5.33. The van der Waals surface area contributed by atoms with E-state index in [1.807, 2.05) is 0 Å². The lowest BCUT2D eigenvalue weighted by Gasteiger charge is -2.06. The number of hydrogen-bond donors (Lipinski definition) is 1. The molecule has 0 aliphatic rings. The van der Waals surface area contributed by atoms with Crippen LogP contribution >= 0.6 is 0 Å². The number of halogens is 1. The summed E-state index contributed by atoms with van der Waals surface area (Å²) in [5.41, 5.74) is 0.660. The lowest BCUT2D eigenvalue weighted by atomic mass is 10.2. The molecule has 0 spiro atoms. The van der Waals surface area contributed by atoms with E-state index in [1.54, 1.807) is 18.3 Å². The normalized spacial score (nSPS) is 11.1. The van der Waals surface area contributed by atoms with E-state index < -0.39 is 5.82 Å². The van der Waals surface area contributed by atoms with Crippen LogP contribution in [0.5, 0.6) is 5.75 Å². The highest BCUT2D eigenvalue weighted by molar-refractivity contribution is 5.57. The maximum Gasteiger partial charge on any atom is 0.194 e. The van der Waals surface area contributed by atoms with E-state index in [2.05, 4.69) is 24.1 Å². The molecule has 0 aliphatic carbocycles. The van der Waals surface area contributed by atoms with Crippen LogP contribution < -0.4 is 10.1 Å². The van der Waals surface area contributed by atoms with Crippen molar-refractivity contribution in [3.8, 4) is 17.1 Å². The molecular formula is C16H21FN2O2. The Morgan fingerprint density at radius 2 is 2.19 bits per heavy atom. The first-order valence-corrected chi connectivity index (χ1v) is 7.12. The van der Waals surface area contributed by atoms with Gasteiger partial charge in [-0.25, -0.2) is 9.37 Å². The van der Waals surface area contributed by atoms with E-state index in [0.717, 1.165) is 19.4 Å². The van der Waals surface area contributed by atoms with E-state index >= 15 is 0 Å². The van der Waals surface area contributed by atoms with Gasteiger partial charge in [-0.1, -0.05) is 13.8 Å². The summed E-state index contributed by atoms with van der Waals surface area (Å²) in [6.07, 6.45) is 3.35. The Bertz CT molecular complexity index is 581. The molecule has 1 heterocycles. The molecule has 0 unspecified atom stereocenters. The van der Waals surface area contributed by atoms with Crippen molar-refractivity contribution in [3.63, 3.8) is 0 Å². The van der Waals surface area contributed by atoms with Crippen molar-refractivity contribution in [2.45, 2.75) is 32.7 Å². The molecule has 1 aromatic carbocycles. The predicted molar refractivity (Wildman–Crippen MR) is 79.9 cm³/mol. The molecular weight excluding hydrogens is 271 g/mol. The van der Waals surface area contributed by atoms with Crippen molar-refractivity contribution in [1.29, 1.82) is 0 Å². The number of rotatable bonds is 7. The van der Waals surface area contributed by atoms with E-state index in [-0.39, 0.29) is 5.75 Å². The molecule has 0 aliphatic heterocycles. The number of aryl methyl sites for hydroxylation is 1. The van der Waals surface area contributed by atoms with Gasteiger partial charge in [0, 0.05) is 18.0 Å². The van der Waals surface area contributed by atoms with Crippen LogP contribution in [0.25, 0.3) is 11.3 Å². The van der Waals surface area contributed by atoms with Crippen molar-refractivity contribution >= 4 is 0 Å². The second kappa shape index (κ2) is 7.22. The smallest absolute Gasteiger partial charge is 0.194 e. The first-order chi connectivity index (χ1) is 10.1. The summed E-state index contributed by atoms with van der Waals surface area (Å²) in [5.74, 6) is 1.06. The second-order valence-electron chi connectivity index (χ2n) is 5.18. The average Bonchev–Trinajstić information content (AvgIpc) is 2.92. The van der Waals surface area contributed by atoms with Crippen LogP contribution in [-0.2, 0) is 6.42 Å². The molecule has 114 valence electrons. The van der Waals surface area contributed by atoms with Crippen LogP contribution in [-0.4, -0.2) is 24.7 Å². The zero-order valence-electron chi connectivity index (χ0n) is 12.6. The highest BCUT2D eigenvalue weighted by Crippen LogP contribution is 2.26. The molecule has 0 saturated heterocycles. The molecule has 1 aromatic heterocycles. The van der Waals surface area contributed by atoms with Gasteiger partial charge in [0.05, 0.1) is 13.3 Å². The van der Waals surface area contributed by atoms with Gasteiger partial charge in [0.2, 0.25) is 0 Å². The van der Waals surface area contributed by atoms with Crippen LogP contribution in [0.4, 0.5) is 4.39 Å². The zero-order valence-corrected chi connectivity index (χ0v) is 12.6. The third-order valence-electron chi connectivity index (χ3n) is 3.11. The third kappa shape index (κ3) is 4.29. The lowest BCUT2D eigenvalue weighted by Crippen LogP contribution is -2.23. The van der Waals surface area contributed by atoms with E-state index in [1.165, 1.54) is 13.2 Å². The Morgan fingerprint density at radius 3 is 2.86 bits per heavy atom. The Morgan fingerprint density at radius 1 is 1.38 bits per heavy atom. The van der Waals surface area contributed by atoms with Crippen LogP contribution in [0.15, 0.2) is 28.8 Å². The Hall–Kier alpha value is -1.88. The standard InChI is InChI=1S/C16H21FN2O2/c1-11(2)18-8-4-5-16-19-10-15(21-16)12-6-7-14(20-3)13(17)9-12/h6-7,9-11,18H,4-5,8H2,1-3H3. The van der Waals surface area contributed by atoms with Crippen LogP contribution in [0.3, 0.4) is 0 Å². The number of ether oxygens (including phenoxy) is 1. The van der Waals surface area contributed by atoms with E-state index in [9.17, 15) is 4.39 Å². The number of oxazole rings is 1. The number of hydrogen-bond acceptors (Lipinski definition) is 4. The molecule has 5 heteroatoms. The van der Waals surface area contributed by atoms with Crippen LogP contribution in [0, 0.1) is 5.82 Å². The third-order valence-corrected chi connectivity index (χ3v) is 3.11. The average molecular weight is 292 g/mol. The zero-order chi connectivity index (χ0) is 15.2. The summed E-state index contributed by atoms with van der Waals surface area (Å²) < 4.78 is 24.2. The fourth-order valence-electron chi connectivity index (χ4n) is 2.01. The highest BCUT2D eigenvalue weighted by atomic mass is 19.1. The van der Waals surface area contributed by atoms with Gasteiger partial charge in [0.25, 0.3) is 0 Å². The van der Waals surface area contributed by atoms with Gasteiger partial charge in [0.15, 0.2) is 23.2 Å². The molecule has 0 bridgehead atoms. The summed E-state index contributed by atoms with van der Waals surface area (Å²) in [6.45, 7) is 5.15. The van der Waals surface area contributed by atoms with Crippen molar-refractivity contribution in [2.75, 3.05) is 13.7 Å². The van der Waals surface area contributed by atoms with Crippen molar-refractivity contribution in [2.24, 2.45) is 0 Å². The monoisotopic (exact) mass is 292 g/mol. The van der Waals surface area contributed by atoms with E-state index in [4.69, 9.17) is 9.15 Å². The molecule has 2 aromatic rings. The molecule has 0 fully saturated rings. The number of aromatic nitrogens is 1. The fraction of sp³-hybridized carbons (Fsp3) is 0.438. The molecule has 0 amide bonds.